The molecule has 2 spiro atoms. The van der Waals surface area contributed by atoms with Crippen LogP contribution in [-0.2, 0) is 47.4 Å². The van der Waals surface area contributed by atoms with E-state index in [9.17, 15) is 140 Å². The van der Waals surface area contributed by atoms with E-state index in [-0.39, 0.29) is 0 Å². The second kappa shape index (κ2) is 14.2. The Morgan fingerprint density at radius 2 is 0.609 bits per heavy atom. The van der Waals surface area contributed by atoms with Crippen LogP contribution in [0.15, 0.2) is 0 Å². The van der Waals surface area contributed by atoms with Crippen molar-refractivity contribution in [3.05, 3.63) is 0 Å². The third kappa shape index (κ3) is 7.05. The molecule has 0 radical (unpaired) electrons. The van der Waals surface area contributed by atoms with Crippen LogP contribution in [0.1, 0.15) is 6.92 Å². The van der Waals surface area contributed by atoms with Gasteiger partial charge in [0.2, 0.25) is 0 Å². The summed E-state index contributed by atoms with van der Waals surface area (Å²) in [6, 6.07) is -19.3. The van der Waals surface area contributed by atoms with Gasteiger partial charge in [-0.25, -0.2) is 4.39 Å². The fourth-order valence-corrected chi connectivity index (χ4v) is 5.18. The maximum atomic E-state index is 14.3. The fraction of sp³-hybridized carbons (Fsp3) is 1.00. The number of alkyl halides is 32. The molecule has 4 aliphatic rings. The van der Waals surface area contributed by atoms with Crippen molar-refractivity contribution in [1.82, 2.24) is 0 Å². The SMILES string of the molecule is CC(F)(F)C1(F)OC(F)(F)C2(C(F)(F)O1)C(F)(F)OC(F)(C(F)(F)OCF)OC2(F)F.COC(F)(F)C1(C(F)(F)F)OC(F)(F)C2(C(F)(F)OC(F)(C(F)(F)F)OC2(F)F)C(F)(F)O1. The smallest absolute Gasteiger partial charge is 0.319 e. The quantitative estimate of drug-likeness (QED) is 0.240. The molecule has 4 heterocycles. The lowest BCUT2D eigenvalue weighted by molar-refractivity contribution is -0.710. The van der Waals surface area contributed by atoms with Crippen LogP contribution in [0.3, 0.4) is 0 Å². The Morgan fingerprint density at radius 1 is 0.359 bits per heavy atom. The zero-order chi connectivity index (χ0) is 51.3. The van der Waals surface area contributed by atoms with Crippen molar-refractivity contribution in [3.8, 4) is 0 Å². The fourth-order valence-electron chi connectivity index (χ4n) is 5.18. The maximum absolute atomic E-state index is 14.3. The molecule has 4 aliphatic heterocycles. The molecule has 0 unspecified atom stereocenters. The Balaban J connectivity index is 0.000000341. The minimum absolute atomic E-state index is 0.488. The molecule has 0 bridgehead atoms. The number of hydrogen-bond acceptors (Lipinski definition) is 10. The number of halogens is 32. The van der Waals surface area contributed by atoms with Crippen molar-refractivity contribution < 1.29 is 188 Å². The Morgan fingerprint density at radius 3 is 0.828 bits per heavy atom. The largest absolute Gasteiger partial charge is 0.478 e. The Labute approximate surface area is 324 Å². The lowest BCUT2D eigenvalue weighted by Gasteiger charge is -2.59. The first kappa shape index (κ1) is 55.7. The van der Waals surface area contributed by atoms with Crippen molar-refractivity contribution in [1.29, 1.82) is 0 Å². The maximum Gasteiger partial charge on any atom is 0.478 e. The molecule has 0 amide bonds. The van der Waals surface area contributed by atoms with Gasteiger partial charge in [0.05, 0.1) is 0 Å². The van der Waals surface area contributed by atoms with Crippen LogP contribution < -0.4 is 0 Å². The Kier molecular flexibility index (Phi) is 12.4. The van der Waals surface area contributed by atoms with Gasteiger partial charge in [0.1, 0.15) is 0 Å². The van der Waals surface area contributed by atoms with Crippen LogP contribution in [-0.4, -0.2) is 117 Å². The van der Waals surface area contributed by atoms with Crippen LogP contribution in [0.5, 0.6) is 0 Å². The normalized spacial score (nSPS) is 38.9. The highest BCUT2D eigenvalue weighted by atomic mass is 19.4. The molecule has 42 heteroatoms. The molecule has 0 saturated carbocycles. The minimum Gasteiger partial charge on any atom is -0.319 e. The van der Waals surface area contributed by atoms with Crippen molar-refractivity contribution in [2.45, 2.75) is 110 Å². The second-order valence-corrected chi connectivity index (χ2v) is 12.1. The van der Waals surface area contributed by atoms with Crippen LogP contribution in [0.25, 0.3) is 0 Å². The summed E-state index contributed by atoms with van der Waals surface area (Å²) in [6.45, 7) is -3.62. The molecule has 0 N–H and O–H groups in total. The summed E-state index contributed by atoms with van der Waals surface area (Å²) >= 11 is 0. The molecule has 0 aliphatic carbocycles. The van der Waals surface area contributed by atoms with Gasteiger partial charge in [0, 0.05) is 14.0 Å². The van der Waals surface area contributed by atoms with Gasteiger partial charge >= 0.3 is 114 Å². The van der Waals surface area contributed by atoms with Gasteiger partial charge < -0.3 is 4.74 Å². The number of ether oxygens (including phenoxy) is 10. The first-order valence-electron chi connectivity index (χ1n) is 14.2. The van der Waals surface area contributed by atoms with Crippen molar-refractivity contribution >= 4 is 0 Å². The molecular formula is C22H8F32O10. The second-order valence-electron chi connectivity index (χ2n) is 12.1. The zero-order valence-corrected chi connectivity index (χ0v) is 28.4. The molecule has 64 heavy (non-hydrogen) atoms. The number of methoxy groups -OCH3 is 1. The summed E-state index contributed by atoms with van der Waals surface area (Å²) < 4.78 is 458. The summed E-state index contributed by atoms with van der Waals surface area (Å²) in [5.74, 6) is -12.4. The molecule has 0 aromatic rings. The van der Waals surface area contributed by atoms with Gasteiger partial charge in [-0.15, -0.1) is 0 Å². The summed E-state index contributed by atoms with van der Waals surface area (Å²) in [6.07, 6.45) is -87.1. The van der Waals surface area contributed by atoms with E-state index in [1.165, 1.54) is 0 Å². The van der Waals surface area contributed by atoms with E-state index in [1.54, 1.807) is 0 Å². The Hall–Kier alpha value is -2.64. The zero-order valence-electron chi connectivity index (χ0n) is 28.4. The summed E-state index contributed by atoms with van der Waals surface area (Å²) in [5, 5.41) is 0. The van der Waals surface area contributed by atoms with Crippen LogP contribution >= 0.6 is 0 Å². The predicted octanol–water partition coefficient (Wildman–Crippen LogP) is 10.00. The van der Waals surface area contributed by atoms with Crippen LogP contribution in [0.4, 0.5) is 140 Å². The first-order chi connectivity index (χ1) is 27.5. The molecular weight excluding hydrogens is 1030 g/mol. The molecule has 4 rings (SSSR count). The van der Waals surface area contributed by atoms with Gasteiger partial charge in [-0.2, -0.15) is 136 Å². The Bertz CT molecular complexity index is 1680. The summed E-state index contributed by atoms with van der Waals surface area (Å²) in [5.41, 5.74) is -14.8. The van der Waals surface area contributed by atoms with E-state index in [1.807, 2.05) is 9.47 Å². The molecule has 4 fully saturated rings. The highest BCUT2D eigenvalue weighted by Crippen LogP contribution is 2.76. The van der Waals surface area contributed by atoms with Crippen molar-refractivity contribution in [3.63, 3.8) is 0 Å². The highest BCUT2D eigenvalue weighted by molar-refractivity contribution is 5.15. The predicted molar refractivity (Wildman–Crippen MR) is 114 cm³/mol. The molecule has 4 saturated heterocycles. The van der Waals surface area contributed by atoms with Gasteiger partial charge in [-0.1, -0.05) is 0 Å². The van der Waals surface area contributed by atoms with Crippen LogP contribution in [0, 0.1) is 10.8 Å². The van der Waals surface area contributed by atoms with E-state index in [2.05, 4.69) is 37.9 Å². The van der Waals surface area contributed by atoms with E-state index < -0.39 is 135 Å². The molecule has 0 aromatic heterocycles. The van der Waals surface area contributed by atoms with Crippen LogP contribution in [0.2, 0.25) is 0 Å². The number of hydrogen-bond donors (Lipinski definition) is 0. The summed E-state index contributed by atoms with van der Waals surface area (Å²) in [4.78, 5) is 0. The van der Waals surface area contributed by atoms with Gasteiger partial charge in [0.25, 0.3) is 0 Å². The van der Waals surface area contributed by atoms with Crippen molar-refractivity contribution in [2.75, 3.05) is 14.0 Å². The standard InChI is InChI=1S/C11H3F17O5.C11H5F15O5/c1-29-10(26,27)3(4(12,13)14)30-6(18,19)2(7(20,21)31-3)8(22,23)32-11(28,5(15,16)17)33-9(2,24)25;1-3(13,14)10(25)28-5(15,16)4(6(17,18)29-10)7(19,20)30-11(26,31-8(4,21)22)9(23,24)27-2-12/h1H3;2H2,1H3. The van der Waals surface area contributed by atoms with E-state index in [4.69, 9.17) is 0 Å². The lowest BCUT2D eigenvalue weighted by atomic mass is 9.79. The topological polar surface area (TPSA) is 92.3 Å². The molecule has 10 nitrogen and oxygen atoms in total. The van der Waals surface area contributed by atoms with Gasteiger partial charge in [0.15, 0.2) is 6.86 Å². The average Bonchev–Trinajstić information content (AvgIpc) is 2.94. The monoisotopic (exact) mass is 1040 g/mol. The lowest BCUT2D eigenvalue weighted by Crippen LogP contribution is -2.86. The molecule has 380 valence electrons. The first-order valence-corrected chi connectivity index (χ1v) is 14.2. The highest BCUT2D eigenvalue weighted by Gasteiger charge is 3.05. The van der Waals surface area contributed by atoms with Gasteiger partial charge in [-0.3, -0.25) is 42.6 Å². The minimum atomic E-state index is -7.70. The van der Waals surface area contributed by atoms with E-state index in [0.717, 1.165) is 0 Å². The average molecular weight is 1040 g/mol. The van der Waals surface area contributed by atoms with E-state index >= 15 is 0 Å². The van der Waals surface area contributed by atoms with Crippen molar-refractivity contribution in [2.24, 2.45) is 10.8 Å². The third-order valence-electron chi connectivity index (χ3n) is 8.05. The number of rotatable bonds is 6. The van der Waals surface area contributed by atoms with E-state index in [0.29, 0.717) is 0 Å². The molecule has 0 aromatic carbocycles. The summed E-state index contributed by atoms with van der Waals surface area (Å²) in [7, 11) is -0.488. The molecule has 0 atom stereocenters. The van der Waals surface area contributed by atoms with Gasteiger partial charge in [-0.05, 0) is 0 Å². The third-order valence-corrected chi connectivity index (χ3v) is 8.05.